The normalized spacial score (nSPS) is 10.3. The van der Waals surface area contributed by atoms with Gasteiger partial charge >= 0.3 is 0 Å². The van der Waals surface area contributed by atoms with Crippen molar-refractivity contribution in [2.24, 2.45) is 0 Å². The molecule has 0 aliphatic rings. The molecule has 0 bridgehead atoms. The van der Waals surface area contributed by atoms with E-state index in [2.05, 4.69) is 27.6 Å². The minimum Gasteiger partial charge on any atom is -0.350 e. The Morgan fingerprint density at radius 3 is 2.72 bits per heavy atom. The van der Waals surface area contributed by atoms with Gasteiger partial charge in [-0.05, 0) is 30.0 Å². The summed E-state index contributed by atoms with van der Waals surface area (Å²) in [6.45, 7) is 0.616. The van der Waals surface area contributed by atoms with Crippen LogP contribution in [0.5, 0.6) is 0 Å². The van der Waals surface area contributed by atoms with E-state index < -0.39 is 0 Å². The molecule has 1 heterocycles. The zero-order valence-corrected chi connectivity index (χ0v) is 11.2. The Kier molecular flexibility index (Phi) is 4.66. The number of benzene rings is 1. The van der Waals surface area contributed by atoms with E-state index in [1.54, 1.807) is 0 Å². The van der Waals surface area contributed by atoms with Gasteiger partial charge in [0.25, 0.3) is 5.91 Å². The lowest BCUT2D eigenvalue weighted by Gasteiger charge is -2.02. The summed E-state index contributed by atoms with van der Waals surface area (Å²) in [4.78, 5) is 11.6. The number of carbonyl (C=O) groups is 1. The monoisotopic (exact) mass is 281 g/mol. The smallest absolute Gasteiger partial charge is 0.282 e. The van der Waals surface area contributed by atoms with Crippen molar-refractivity contribution in [3.63, 3.8) is 0 Å². The molecule has 1 aromatic heterocycles. The zero-order valence-electron chi connectivity index (χ0n) is 9.60. The predicted octanol–water partition coefficient (Wildman–Crippen LogP) is 2.55. The fourth-order valence-corrected chi connectivity index (χ4v) is 2.26. The third-order valence-electron chi connectivity index (χ3n) is 2.37. The highest BCUT2D eigenvalue weighted by molar-refractivity contribution is 7.17. The molecule has 94 valence electrons. The van der Waals surface area contributed by atoms with Crippen LogP contribution in [0.25, 0.3) is 0 Å². The van der Waals surface area contributed by atoms with E-state index in [1.165, 1.54) is 5.56 Å². The third kappa shape index (κ3) is 3.78. The van der Waals surface area contributed by atoms with Crippen LogP contribution < -0.4 is 5.32 Å². The van der Waals surface area contributed by atoms with E-state index in [0.29, 0.717) is 11.6 Å². The van der Waals surface area contributed by atoms with E-state index in [-0.39, 0.29) is 10.4 Å². The molecule has 1 aromatic carbocycles. The van der Waals surface area contributed by atoms with Gasteiger partial charge in [-0.15, -0.1) is 10.2 Å². The van der Waals surface area contributed by atoms with Crippen molar-refractivity contribution in [3.8, 4) is 0 Å². The number of halogens is 1. The topological polar surface area (TPSA) is 54.9 Å². The second-order valence-electron chi connectivity index (χ2n) is 3.71. The quantitative estimate of drug-likeness (QED) is 0.857. The number of carbonyl (C=O) groups excluding carboxylic acids is 1. The molecule has 2 rings (SSSR count). The van der Waals surface area contributed by atoms with Crippen molar-refractivity contribution in [2.75, 3.05) is 6.54 Å². The van der Waals surface area contributed by atoms with Gasteiger partial charge in [-0.25, -0.2) is 0 Å². The van der Waals surface area contributed by atoms with Gasteiger partial charge in [0.05, 0.1) is 0 Å². The molecule has 4 nitrogen and oxygen atoms in total. The molecule has 6 heteroatoms. The summed E-state index contributed by atoms with van der Waals surface area (Å²) < 4.78 is 0.282. The Balaban J connectivity index is 1.71. The van der Waals surface area contributed by atoms with Crippen LogP contribution in [0.3, 0.4) is 0 Å². The standard InChI is InChI=1S/C12H12ClN3OS/c13-12-16-15-11(18-12)10(17)14-8-4-7-9-5-2-1-3-6-9/h1-3,5-6H,4,7-8H2,(H,14,17). The van der Waals surface area contributed by atoms with Crippen LogP contribution in [0.1, 0.15) is 21.8 Å². The van der Waals surface area contributed by atoms with Crippen LogP contribution in [-0.2, 0) is 6.42 Å². The Bertz CT molecular complexity index is 515. The molecule has 1 amide bonds. The molecule has 0 fully saturated rings. The summed E-state index contributed by atoms with van der Waals surface area (Å²) in [5, 5.41) is 10.4. The first-order chi connectivity index (χ1) is 8.75. The second-order valence-corrected chi connectivity index (χ2v) is 5.26. The van der Waals surface area contributed by atoms with E-state index in [1.807, 2.05) is 18.2 Å². The number of rotatable bonds is 5. The summed E-state index contributed by atoms with van der Waals surface area (Å²) >= 11 is 6.69. The minimum absolute atomic E-state index is 0.215. The van der Waals surface area contributed by atoms with Crippen LogP contribution in [0, 0.1) is 0 Å². The Labute approximate surface area is 114 Å². The number of aromatic nitrogens is 2. The summed E-state index contributed by atoms with van der Waals surface area (Å²) in [6.07, 6.45) is 1.83. The van der Waals surface area contributed by atoms with Crippen molar-refractivity contribution in [1.82, 2.24) is 15.5 Å². The molecule has 2 aromatic rings. The van der Waals surface area contributed by atoms with Gasteiger partial charge < -0.3 is 5.32 Å². The second kappa shape index (κ2) is 6.47. The SMILES string of the molecule is O=C(NCCCc1ccccc1)c1nnc(Cl)s1. The number of hydrogen-bond donors (Lipinski definition) is 1. The molecular weight excluding hydrogens is 270 g/mol. The van der Waals surface area contributed by atoms with E-state index in [9.17, 15) is 4.79 Å². The Morgan fingerprint density at radius 1 is 1.28 bits per heavy atom. The first kappa shape index (κ1) is 13.0. The molecule has 0 aliphatic heterocycles. The summed E-state index contributed by atoms with van der Waals surface area (Å²) in [5.41, 5.74) is 1.27. The average Bonchev–Trinajstić information content (AvgIpc) is 2.82. The maximum absolute atomic E-state index is 11.6. The van der Waals surface area contributed by atoms with E-state index in [0.717, 1.165) is 24.2 Å². The molecule has 0 spiro atoms. The number of nitrogens with zero attached hydrogens (tertiary/aromatic N) is 2. The van der Waals surface area contributed by atoms with Crippen LogP contribution in [0.2, 0.25) is 4.47 Å². The van der Waals surface area contributed by atoms with Gasteiger partial charge in [-0.1, -0.05) is 41.7 Å². The molecular formula is C12H12ClN3OS. The molecule has 18 heavy (non-hydrogen) atoms. The fourth-order valence-electron chi connectivity index (χ4n) is 1.51. The maximum Gasteiger partial charge on any atom is 0.282 e. The van der Waals surface area contributed by atoms with Crippen molar-refractivity contribution in [1.29, 1.82) is 0 Å². The van der Waals surface area contributed by atoms with E-state index >= 15 is 0 Å². The number of amides is 1. The highest BCUT2D eigenvalue weighted by Crippen LogP contribution is 2.14. The lowest BCUT2D eigenvalue weighted by atomic mass is 10.1. The lowest BCUT2D eigenvalue weighted by Crippen LogP contribution is -2.24. The average molecular weight is 282 g/mol. The highest BCUT2D eigenvalue weighted by atomic mass is 35.5. The van der Waals surface area contributed by atoms with Crippen molar-refractivity contribution >= 4 is 28.8 Å². The molecule has 0 saturated carbocycles. The maximum atomic E-state index is 11.6. The first-order valence-electron chi connectivity index (χ1n) is 5.57. The van der Waals surface area contributed by atoms with Crippen molar-refractivity contribution in [3.05, 3.63) is 45.4 Å². The van der Waals surface area contributed by atoms with Gasteiger partial charge in [0.1, 0.15) is 0 Å². The van der Waals surface area contributed by atoms with Gasteiger partial charge in [0.2, 0.25) is 9.47 Å². The lowest BCUT2D eigenvalue weighted by molar-refractivity contribution is 0.0952. The number of hydrogen-bond acceptors (Lipinski definition) is 4. The molecule has 0 unspecified atom stereocenters. The minimum atomic E-state index is -0.215. The molecule has 0 saturated heterocycles. The van der Waals surface area contributed by atoms with Crippen LogP contribution >= 0.6 is 22.9 Å². The third-order valence-corrected chi connectivity index (χ3v) is 3.38. The Hall–Kier alpha value is -1.46. The highest BCUT2D eigenvalue weighted by Gasteiger charge is 2.10. The van der Waals surface area contributed by atoms with Crippen LogP contribution in [-0.4, -0.2) is 22.6 Å². The van der Waals surface area contributed by atoms with Crippen LogP contribution in [0.4, 0.5) is 0 Å². The van der Waals surface area contributed by atoms with Crippen LogP contribution in [0.15, 0.2) is 30.3 Å². The van der Waals surface area contributed by atoms with Gasteiger partial charge in [0.15, 0.2) is 0 Å². The zero-order chi connectivity index (χ0) is 12.8. The summed E-state index contributed by atoms with van der Waals surface area (Å²) in [7, 11) is 0. The molecule has 0 atom stereocenters. The molecule has 0 radical (unpaired) electrons. The van der Waals surface area contributed by atoms with Crippen molar-refractivity contribution in [2.45, 2.75) is 12.8 Å². The van der Waals surface area contributed by atoms with Gasteiger partial charge in [-0.3, -0.25) is 4.79 Å². The largest absolute Gasteiger partial charge is 0.350 e. The fraction of sp³-hybridized carbons (Fsp3) is 0.250. The van der Waals surface area contributed by atoms with E-state index in [4.69, 9.17) is 11.6 Å². The molecule has 0 aliphatic carbocycles. The summed E-state index contributed by atoms with van der Waals surface area (Å²) in [6, 6.07) is 10.2. The van der Waals surface area contributed by atoms with Gasteiger partial charge in [-0.2, -0.15) is 0 Å². The number of nitrogens with one attached hydrogen (secondary N) is 1. The first-order valence-corrected chi connectivity index (χ1v) is 6.76. The number of aryl methyl sites for hydroxylation is 1. The summed E-state index contributed by atoms with van der Waals surface area (Å²) in [5.74, 6) is -0.215. The Morgan fingerprint density at radius 2 is 2.06 bits per heavy atom. The molecule has 1 N–H and O–H groups in total. The van der Waals surface area contributed by atoms with Crippen molar-refractivity contribution < 1.29 is 4.79 Å². The van der Waals surface area contributed by atoms with Gasteiger partial charge in [0, 0.05) is 6.54 Å². The predicted molar refractivity (Wildman–Crippen MR) is 72.0 cm³/mol.